The van der Waals surface area contributed by atoms with Crippen LogP contribution in [0.15, 0.2) is 0 Å². The number of aliphatic hydroxyl groups excluding tert-OH is 1. The van der Waals surface area contributed by atoms with Gasteiger partial charge in [-0.3, -0.25) is 4.79 Å². The minimum Gasteiger partial charge on any atom is -0.481 e. The van der Waals surface area contributed by atoms with Crippen LogP contribution in [-0.4, -0.2) is 27.6 Å². The molecular weight excluding hydrogens is 208 g/mol. The molecule has 0 heterocycles. The van der Waals surface area contributed by atoms with Crippen LogP contribution in [0.4, 0.5) is 0 Å². The van der Waals surface area contributed by atoms with E-state index in [0.29, 0.717) is 6.42 Å². The second-order valence-corrected chi connectivity index (χ2v) is 4.24. The molecule has 0 aliphatic heterocycles. The van der Waals surface area contributed by atoms with Gasteiger partial charge in [-0.05, 0) is 19.3 Å². The molecule has 0 aromatic heterocycles. The summed E-state index contributed by atoms with van der Waals surface area (Å²) < 4.78 is 0. The maximum Gasteiger partial charge on any atom is 0.303 e. The molecule has 0 aliphatic carbocycles. The van der Waals surface area contributed by atoms with E-state index >= 15 is 0 Å². The quantitative estimate of drug-likeness (QED) is 0.377. The van der Waals surface area contributed by atoms with Crippen LogP contribution in [0.1, 0.15) is 64.2 Å². The van der Waals surface area contributed by atoms with Crippen molar-refractivity contribution in [1.82, 2.24) is 0 Å². The average Bonchev–Trinajstić information content (AvgIpc) is 2.20. The van der Waals surface area contributed by atoms with E-state index in [4.69, 9.17) is 15.3 Å². The SMILES string of the molecule is O=C(O)CCCCCCCCCCC(O)O. The van der Waals surface area contributed by atoms with Crippen molar-refractivity contribution >= 4 is 5.97 Å². The lowest BCUT2D eigenvalue weighted by atomic mass is 10.1. The summed E-state index contributed by atoms with van der Waals surface area (Å²) in [5, 5.41) is 25.6. The summed E-state index contributed by atoms with van der Waals surface area (Å²) in [7, 11) is 0. The van der Waals surface area contributed by atoms with E-state index in [0.717, 1.165) is 51.4 Å². The molecule has 0 saturated heterocycles. The number of aliphatic hydroxyl groups is 2. The molecule has 3 N–H and O–H groups in total. The van der Waals surface area contributed by atoms with Crippen LogP contribution in [-0.2, 0) is 4.79 Å². The van der Waals surface area contributed by atoms with E-state index in [9.17, 15) is 4.79 Å². The van der Waals surface area contributed by atoms with Gasteiger partial charge < -0.3 is 15.3 Å². The van der Waals surface area contributed by atoms with E-state index < -0.39 is 12.3 Å². The predicted molar refractivity (Wildman–Crippen MR) is 62.0 cm³/mol. The van der Waals surface area contributed by atoms with Gasteiger partial charge >= 0.3 is 5.97 Å². The first-order valence-electron chi connectivity index (χ1n) is 6.21. The van der Waals surface area contributed by atoms with Gasteiger partial charge in [0, 0.05) is 6.42 Å². The van der Waals surface area contributed by atoms with Gasteiger partial charge in [-0.2, -0.15) is 0 Å². The molecule has 0 unspecified atom stereocenters. The van der Waals surface area contributed by atoms with E-state index in [1.54, 1.807) is 0 Å². The molecule has 0 radical (unpaired) electrons. The van der Waals surface area contributed by atoms with Gasteiger partial charge in [-0.25, -0.2) is 0 Å². The van der Waals surface area contributed by atoms with Crippen LogP contribution in [0.5, 0.6) is 0 Å². The zero-order valence-electron chi connectivity index (χ0n) is 9.90. The first kappa shape index (κ1) is 15.4. The second kappa shape index (κ2) is 10.9. The summed E-state index contributed by atoms with van der Waals surface area (Å²) >= 11 is 0. The largest absolute Gasteiger partial charge is 0.481 e. The lowest BCUT2D eigenvalue weighted by Crippen LogP contribution is -2.02. The number of unbranched alkanes of at least 4 members (excludes halogenated alkanes) is 7. The van der Waals surface area contributed by atoms with Gasteiger partial charge in [-0.1, -0.05) is 38.5 Å². The Kier molecular flexibility index (Phi) is 10.5. The molecule has 0 bridgehead atoms. The second-order valence-electron chi connectivity index (χ2n) is 4.24. The summed E-state index contributed by atoms with van der Waals surface area (Å²) in [6, 6.07) is 0. The Hall–Kier alpha value is -0.610. The molecular formula is C12H24O4. The Morgan fingerprint density at radius 1 is 0.812 bits per heavy atom. The van der Waals surface area contributed by atoms with Crippen LogP contribution in [0.2, 0.25) is 0 Å². The number of rotatable bonds is 11. The molecule has 16 heavy (non-hydrogen) atoms. The minimum absolute atomic E-state index is 0.286. The van der Waals surface area contributed by atoms with Gasteiger partial charge in [0.15, 0.2) is 6.29 Å². The van der Waals surface area contributed by atoms with E-state index in [1.807, 2.05) is 0 Å². The van der Waals surface area contributed by atoms with E-state index in [2.05, 4.69) is 0 Å². The minimum atomic E-state index is -1.16. The highest BCUT2D eigenvalue weighted by Gasteiger charge is 1.98. The zero-order chi connectivity index (χ0) is 12.2. The number of carboxylic acids is 1. The van der Waals surface area contributed by atoms with Crippen molar-refractivity contribution < 1.29 is 20.1 Å². The fourth-order valence-corrected chi connectivity index (χ4v) is 1.66. The highest BCUT2D eigenvalue weighted by atomic mass is 16.5. The predicted octanol–water partition coefficient (Wildman–Crippen LogP) is 2.28. The van der Waals surface area contributed by atoms with E-state index in [-0.39, 0.29) is 6.42 Å². The lowest BCUT2D eigenvalue weighted by molar-refractivity contribution is -0.137. The summed E-state index contributed by atoms with van der Waals surface area (Å²) in [4.78, 5) is 10.2. The molecule has 4 heteroatoms. The summed E-state index contributed by atoms with van der Waals surface area (Å²) in [6.45, 7) is 0. The average molecular weight is 232 g/mol. The van der Waals surface area contributed by atoms with Crippen LogP contribution in [0, 0.1) is 0 Å². The monoisotopic (exact) mass is 232 g/mol. The number of aliphatic carboxylic acids is 1. The molecule has 0 aromatic rings. The molecule has 0 aromatic carbocycles. The number of hydrogen-bond donors (Lipinski definition) is 3. The lowest BCUT2D eigenvalue weighted by Gasteiger charge is -2.03. The van der Waals surface area contributed by atoms with Crippen molar-refractivity contribution in [3.63, 3.8) is 0 Å². The summed E-state index contributed by atoms with van der Waals surface area (Å²) in [6.07, 6.45) is 7.86. The third kappa shape index (κ3) is 13.4. The Balaban J connectivity index is 2.96. The molecule has 0 rings (SSSR count). The highest BCUT2D eigenvalue weighted by molar-refractivity contribution is 5.66. The van der Waals surface area contributed by atoms with Crippen molar-refractivity contribution in [2.45, 2.75) is 70.5 Å². The third-order valence-electron chi connectivity index (χ3n) is 2.60. The summed E-state index contributed by atoms with van der Waals surface area (Å²) in [5.74, 6) is -0.706. The molecule has 0 spiro atoms. The Morgan fingerprint density at radius 2 is 1.25 bits per heavy atom. The first-order chi connectivity index (χ1) is 7.63. The topological polar surface area (TPSA) is 77.8 Å². The normalized spacial score (nSPS) is 10.9. The Labute approximate surface area is 97.3 Å². The Morgan fingerprint density at radius 3 is 1.69 bits per heavy atom. The maximum atomic E-state index is 10.2. The molecule has 4 nitrogen and oxygen atoms in total. The third-order valence-corrected chi connectivity index (χ3v) is 2.60. The molecule has 0 atom stereocenters. The van der Waals surface area contributed by atoms with Crippen LogP contribution >= 0.6 is 0 Å². The van der Waals surface area contributed by atoms with Gasteiger partial charge in [0.1, 0.15) is 0 Å². The van der Waals surface area contributed by atoms with Crippen molar-refractivity contribution in [2.24, 2.45) is 0 Å². The molecule has 96 valence electrons. The molecule has 0 fully saturated rings. The maximum absolute atomic E-state index is 10.2. The van der Waals surface area contributed by atoms with Crippen LogP contribution in [0.25, 0.3) is 0 Å². The number of carbonyl (C=O) groups is 1. The number of hydrogen-bond acceptors (Lipinski definition) is 3. The van der Waals surface area contributed by atoms with Crippen molar-refractivity contribution in [1.29, 1.82) is 0 Å². The van der Waals surface area contributed by atoms with Crippen LogP contribution in [0.3, 0.4) is 0 Å². The first-order valence-corrected chi connectivity index (χ1v) is 6.21. The number of carboxylic acid groups (broad SMARTS) is 1. The van der Waals surface area contributed by atoms with Crippen molar-refractivity contribution in [2.75, 3.05) is 0 Å². The van der Waals surface area contributed by atoms with Gasteiger partial charge in [0.2, 0.25) is 0 Å². The molecule has 0 saturated carbocycles. The van der Waals surface area contributed by atoms with Crippen LogP contribution < -0.4 is 0 Å². The summed E-state index contributed by atoms with van der Waals surface area (Å²) in [5.41, 5.74) is 0. The van der Waals surface area contributed by atoms with Crippen molar-refractivity contribution in [3.8, 4) is 0 Å². The fourth-order valence-electron chi connectivity index (χ4n) is 1.66. The fraction of sp³-hybridized carbons (Fsp3) is 0.917. The molecule has 0 amide bonds. The van der Waals surface area contributed by atoms with Gasteiger partial charge in [-0.15, -0.1) is 0 Å². The van der Waals surface area contributed by atoms with Gasteiger partial charge in [0.25, 0.3) is 0 Å². The molecule has 0 aliphatic rings. The highest BCUT2D eigenvalue weighted by Crippen LogP contribution is 2.10. The van der Waals surface area contributed by atoms with E-state index in [1.165, 1.54) is 0 Å². The smallest absolute Gasteiger partial charge is 0.303 e. The van der Waals surface area contributed by atoms with Gasteiger partial charge in [0.05, 0.1) is 0 Å². The van der Waals surface area contributed by atoms with Crippen molar-refractivity contribution in [3.05, 3.63) is 0 Å². The zero-order valence-corrected chi connectivity index (χ0v) is 9.90. The standard InChI is InChI=1S/C12H24O4/c13-11(14)9-7-5-3-1-2-4-6-8-10-12(15)16/h11,13-14H,1-10H2,(H,15,16). The Bertz CT molecular complexity index is 168.